The van der Waals surface area contributed by atoms with Gasteiger partial charge in [-0.25, -0.2) is 4.79 Å². The molecule has 0 aliphatic heterocycles. The van der Waals surface area contributed by atoms with Crippen LogP contribution in [0.1, 0.15) is 48.4 Å². The Morgan fingerprint density at radius 3 is 2.00 bits per heavy atom. The third-order valence-electron chi connectivity index (χ3n) is 4.11. The van der Waals surface area contributed by atoms with Crippen molar-refractivity contribution >= 4 is 34.9 Å². The fraction of sp³-hybridized carbons (Fsp3) is 0.364. The van der Waals surface area contributed by atoms with Crippen LogP contribution in [-0.2, 0) is 0 Å². The first-order valence-corrected chi connectivity index (χ1v) is 9.74. The average molecular weight is 403 g/mol. The van der Waals surface area contributed by atoms with Crippen LogP contribution >= 0.6 is 11.6 Å². The average Bonchev–Trinajstić information content (AvgIpc) is 2.60. The van der Waals surface area contributed by atoms with Crippen LogP contribution < -0.4 is 10.2 Å². The molecule has 0 bridgehead atoms. The highest BCUT2D eigenvalue weighted by Gasteiger charge is 2.18. The van der Waals surface area contributed by atoms with Gasteiger partial charge in [-0.3, -0.25) is 4.79 Å². The maximum absolute atomic E-state index is 12.7. The molecule has 0 aromatic heterocycles. The summed E-state index contributed by atoms with van der Waals surface area (Å²) < 4.78 is 0. The Kier molecular flexibility index (Phi) is 7.46. The molecular formula is C22H27ClN2O3. The molecule has 2 rings (SSSR count). The molecule has 0 aliphatic carbocycles. The quantitative estimate of drug-likeness (QED) is 0.619. The van der Waals surface area contributed by atoms with Crippen molar-refractivity contribution in [1.29, 1.82) is 0 Å². The number of hydrogen-bond donors (Lipinski definition) is 2. The molecule has 0 radical (unpaired) electrons. The van der Waals surface area contributed by atoms with E-state index in [2.05, 4.69) is 37.9 Å². The number of rotatable bonds is 8. The van der Waals surface area contributed by atoms with Crippen molar-refractivity contribution in [3.05, 3.63) is 58.6 Å². The molecule has 0 fully saturated rings. The minimum atomic E-state index is -1.03. The summed E-state index contributed by atoms with van der Waals surface area (Å²) in [5.74, 6) is -0.516. The molecule has 0 unspecified atom stereocenters. The number of benzene rings is 2. The predicted molar refractivity (Wildman–Crippen MR) is 115 cm³/mol. The van der Waals surface area contributed by atoms with Crippen LogP contribution in [0.5, 0.6) is 0 Å². The molecular weight excluding hydrogens is 376 g/mol. The lowest BCUT2D eigenvalue weighted by Crippen LogP contribution is -2.32. The molecule has 6 heteroatoms. The lowest BCUT2D eigenvalue weighted by atomic mass is 10.1. The highest BCUT2D eigenvalue weighted by Crippen LogP contribution is 2.29. The van der Waals surface area contributed by atoms with Gasteiger partial charge in [-0.2, -0.15) is 0 Å². The molecule has 0 atom stereocenters. The van der Waals surface area contributed by atoms with Crippen LogP contribution in [0.4, 0.5) is 11.4 Å². The Balaban J connectivity index is 2.43. The molecule has 2 aromatic rings. The van der Waals surface area contributed by atoms with E-state index < -0.39 is 5.97 Å². The van der Waals surface area contributed by atoms with E-state index in [4.69, 9.17) is 11.6 Å². The fourth-order valence-corrected chi connectivity index (χ4v) is 3.12. The highest BCUT2D eigenvalue weighted by atomic mass is 35.5. The number of carboxylic acid groups (broad SMARTS) is 1. The lowest BCUT2D eigenvalue weighted by molar-refractivity contribution is 0.0696. The molecule has 5 nitrogen and oxygen atoms in total. The van der Waals surface area contributed by atoms with Gasteiger partial charge < -0.3 is 15.3 Å². The zero-order valence-electron chi connectivity index (χ0n) is 16.7. The zero-order chi connectivity index (χ0) is 20.8. The van der Waals surface area contributed by atoms with Crippen LogP contribution in [0.15, 0.2) is 42.5 Å². The van der Waals surface area contributed by atoms with Crippen molar-refractivity contribution < 1.29 is 14.7 Å². The van der Waals surface area contributed by atoms with Gasteiger partial charge in [-0.15, -0.1) is 0 Å². The number of halogens is 1. The normalized spacial score (nSPS) is 11.0. The molecule has 0 spiro atoms. The topological polar surface area (TPSA) is 69.6 Å². The minimum absolute atomic E-state index is 0.129. The van der Waals surface area contributed by atoms with Gasteiger partial charge in [0.05, 0.1) is 16.9 Å². The summed E-state index contributed by atoms with van der Waals surface area (Å²) in [6.07, 6.45) is 0. The van der Waals surface area contributed by atoms with Crippen molar-refractivity contribution in [2.24, 2.45) is 11.8 Å². The summed E-state index contributed by atoms with van der Waals surface area (Å²) >= 11 is 5.89. The second-order valence-electron chi connectivity index (χ2n) is 7.69. The van der Waals surface area contributed by atoms with Crippen molar-refractivity contribution in [2.45, 2.75) is 27.7 Å². The first kappa shape index (κ1) is 21.8. The molecule has 1 amide bonds. The van der Waals surface area contributed by atoms with E-state index in [1.165, 1.54) is 6.07 Å². The fourth-order valence-electron chi connectivity index (χ4n) is 2.99. The van der Waals surface area contributed by atoms with Crippen molar-refractivity contribution in [3.8, 4) is 0 Å². The van der Waals surface area contributed by atoms with Crippen LogP contribution in [0.25, 0.3) is 0 Å². The number of aromatic carboxylic acids is 1. The molecule has 2 aromatic carbocycles. The van der Waals surface area contributed by atoms with E-state index in [-0.39, 0.29) is 11.5 Å². The number of amides is 1. The first-order chi connectivity index (χ1) is 13.2. The van der Waals surface area contributed by atoms with Gasteiger partial charge >= 0.3 is 5.97 Å². The lowest BCUT2D eigenvalue weighted by Gasteiger charge is -2.30. The van der Waals surface area contributed by atoms with E-state index >= 15 is 0 Å². The van der Waals surface area contributed by atoms with E-state index in [0.717, 1.165) is 18.8 Å². The summed E-state index contributed by atoms with van der Waals surface area (Å²) in [6.45, 7) is 10.1. The molecule has 0 aliphatic rings. The summed E-state index contributed by atoms with van der Waals surface area (Å²) in [7, 11) is 0. The maximum Gasteiger partial charge on any atom is 0.335 e. The number of carboxylic acids is 1. The molecule has 150 valence electrons. The third-order valence-corrected chi connectivity index (χ3v) is 4.36. The Bertz CT molecular complexity index is 822. The summed E-state index contributed by atoms with van der Waals surface area (Å²) in [5, 5.41) is 12.8. The number of anilines is 2. The molecule has 28 heavy (non-hydrogen) atoms. The van der Waals surface area contributed by atoms with Crippen LogP contribution in [0.3, 0.4) is 0 Å². The Labute approximate surface area is 171 Å². The number of nitrogens with one attached hydrogen (secondary N) is 1. The molecule has 0 saturated heterocycles. The third kappa shape index (κ3) is 5.99. The molecule has 0 saturated carbocycles. The maximum atomic E-state index is 12.7. The number of carbonyl (C=O) groups excluding carboxylic acids is 1. The second kappa shape index (κ2) is 9.60. The van der Waals surface area contributed by atoms with Gasteiger partial charge in [0.25, 0.3) is 5.91 Å². The van der Waals surface area contributed by atoms with Crippen molar-refractivity contribution in [3.63, 3.8) is 0 Å². The van der Waals surface area contributed by atoms with Crippen molar-refractivity contribution in [2.75, 3.05) is 23.3 Å². The van der Waals surface area contributed by atoms with Gasteiger partial charge in [-0.1, -0.05) is 39.3 Å². The van der Waals surface area contributed by atoms with E-state index in [9.17, 15) is 14.7 Å². The largest absolute Gasteiger partial charge is 0.478 e. The van der Waals surface area contributed by atoms with Gasteiger partial charge in [0.15, 0.2) is 0 Å². The first-order valence-electron chi connectivity index (χ1n) is 9.36. The van der Waals surface area contributed by atoms with Crippen LogP contribution in [0, 0.1) is 11.8 Å². The zero-order valence-corrected chi connectivity index (χ0v) is 17.5. The predicted octanol–water partition coefficient (Wildman–Crippen LogP) is 5.41. The van der Waals surface area contributed by atoms with Crippen molar-refractivity contribution in [1.82, 2.24) is 0 Å². The molecule has 0 heterocycles. The Morgan fingerprint density at radius 2 is 1.50 bits per heavy atom. The summed E-state index contributed by atoms with van der Waals surface area (Å²) in [6, 6.07) is 11.4. The second-order valence-corrected chi connectivity index (χ2v) is 8.13. The Morgan fingerprint density at radius 1 is 0.964 bits per heavy atom. The number of hydrogen-bond acceptors (Lipinski definition) is 3. The summed E-state index contributed by atoms with van der Waals surface area (Å²) in [4.78, 5) is 26.3. The standard InChI is InChI=1S/C22H27ClN2O3/c1-14(2)12-25(13-15(3)4)20-10-7-17(22(27)28)11-19(20)24-21(26)16-5-8-18(23)9-6-16/h5-11,14-15H,12-13H2,1-4H3,(H,24,26)(H,27,28). The van der Waals surface area contributed by atoms with Crippen LogP contribution in [-0.4, -0.2) is 30.1 Å². The smallest absolute Gasteiger partial charge is 0.335 e. The monoisotopic (exact) mass is 402 g/mol. The van der Waals surface area contributed by atoms with Gasteiger partial charge in [0.2, 0.25) is 0 Å². The Hall–Kier alpha value is -2.53. The number of nitrogens with zero attached hydrogens (tertiary/aromatic N) is 1. The van der Waals surface area contributed by atoms with Gasteiger partial charge in [0.1, 0.15) is 0 Å². The SMILES string of the molecule is CC(C)CN(CC(C)C)c1ccc(C(=O)O)cc1NC(=O)c1ccc(Cl)cc1. The summed E-state index contributed by atoms with van der Waals surface area (Å²) in [5.41, 5.74) is 1.88. The minimum Gasteiger partial charge on any atom is -0.478 e. The van der Waals surface area contributed by atoms with Gasteiger partial charge in [0, 0.05) is 23.7 Å². The van der Waals surface area contributed by atoms with E-state index in [0.29, 0.717) is 28.1 Å². The van der Waals surface area contributed by atoms with Crippen LogP contribution in [0.2, 0.25) is 5.02 Å². The number of carbonyl (C=O) groups is 2. The van der Waals surface area contributed by atoms with Gasteiger partial charge in [-0.05, 0) is 54.3 Å². The van der Waals surface area contributed by atoms with E-state index in [1.807, 2.05) is 0 Å². The molecule has 2 N–H and O–H groups in total. The van der Waals surface area contributed by atoms with E-state index in [1.54, 1.807) is 36.4 Å². The highest BCUT2D eigenvalue weighted by molar-refractivity contribution is 6.30.